The highest BCUT2D eigenvalue weighted by Crippen LogP contribution is 2.29. The fourth-order valence-electron chi connectivity index (χ4n) is 3.54. The maximum Gasteiger partial charge on any atom is 0.303 e. The summed E-state index contributed by atoms with van der Waals surface area (Å²) in [5.74, 6) is -0.995. The molecule has 0 bridgehead atoms. The molecular weight excluding hydrogens is 328 g/mol. The molecule has 148 valence electrons. The fourth-order valence-corrected chi connectivity index (χ4v) is 3.54. The van der Waals surface area contributed by atoms with Crippen molar-refractivity contribution < 1.29 is 19.8 Å². The Kier molecular flexibility index (Phi) is 12.0. The Morgan fingerprint density at radius 1 is 1.12 bits per heavy atom. The SMILES string of the molecule is CCCCCCC=CC1C=CC(=O)C1C(O)CCCCCCCC(=O)O. The van der Waals surface area contributed by atoms with Crippen molar-refractivity contribution in [2.24, 2.45) is 11.8 Å². The van der Waals surface area contributed by atoms with Gasteiger partial charge in [-0.3, -0.25) is 9.59 Å². The number of ketones is 1. The van der Waals surface area contributed by atoms with E-state index in [0.717, 1.165) is 32.1 Å². The summed E-state index contributed by atoms with van der Waals surface area (Å²) in [4.78, 5) is 22.6. The van der Waals surface area contributed by atoms with Crippen molar-refractivity contribution in [3.63, 3.8) is 0 Å². The molecule has 0 aromatic rings. The minimum Gasteiger partial charge on any atom is -0.481 e. The number of aliphatic hydroxyl groups is 1. The van der Waals surface area contributed by atoms with E-state index in [4.69, 9.17) is 5.11 Å². The average Bonchev–Trinajstić information content (AvgIpc) is 2.97. The molecule has 0 spiro atoms. The average molecular weight is 365 g/mol. The van der Waals surface area contributed by atoms with Crippen molar-refractivity contribution in [3.05, 3.63) is 24.3 Å². The van der Waals surface area contributed by atoms with Crippen LogP contribution in [0.2, 0.25) is 0 Å². The maximum atomic E-state index is 12.1. The van der Waals surface area contributed by atoms with Crippen LogP contribution in [0.25, 0.3) is 0 Å². The summed E-state index contributed by atoms with van der Waals surface area (Å²) in [6.07, 6.45) is 18.5. The zero-order chi connectivity index (χ0) is 19.2. The summed E-state index contributed by atoms with van der Waals surface area (Å²) >= 11 is 0. The molecule has 0 saturated carbocycles. The number of aliphatic hydroxyl groups excluding tert-OH is 1. The third-order valence-corrected chi connectivity index (χ3v) is 5.11. The van der Waals surface area contributed by atoms with Crippen molar-refractivity contribution in [3.8, 4) is 0 Å². The zero-order valence-corrected chi connectivity index (χ0v) is 16.2. The van der Waals surface area contributed by atoms with Crippen molar-refractivity contribution >= 4 is 11.8 Å². The molecule has 2 N–H and O–H groups in total. The Morgan fingerprint density at radius 3 is 2.54 bits per heavy atom. The largest absolute Gasteiger partial charge is 0.481 e. The molecule has 0 amide bonds. The molecule has 1 aliphatic carbocycles. The molecule has 0 saturated heterocycles. The number of allylic oxidation sites excluding steroid dienone is 4. The van der Waals surface area contributed by atoms with E-state index in [2.05, 4.69) is 19.1 Å². The number of carbonyl (C=O) groups excluding carboxylic acids is 1. The van der Waals surface area contributed by atoms with Crippen LogP contribution in [-0.4, -0.2) is 28.1 Å². The number of unbranched alkanes of at least 4 members (excludes halogenated alkanes) is 8. The van der Waals surface area contributed by atoms with Crippen LogP contribution in [0, 0.1) is 11.8 Å². The Hall–Kier alpha value is -1.42. The molecule has 26 heavy (non-hydrogen) atoms. The van der Waals surface area contributed by atoms with E-state index in [1.807, 2.05) is 6.08 Å². The molecule has 3 atom stereocenters. The summed E-state index contributed by atoms with van der Waals surface area (Å²) in [7, 11) is 0. The van der Waals surface area contributed by atoms with Crippen LogP contribution in [0.5, 0.6) is 0 Å². The minimum absolute atomic E-state index is 0.0271. The molecule has 0 aliphatic heterocycles. The first-order chi connectivity index (χ1) is 12.6. The number of hydrogen-bond acceptors (Lipinski definition) is 3. The molecule has 0 aromatic heterocycles. The quantitative estimate of drug-likeness (QED) is 0.314. The smallest absolute Gasteiger partial charge is 0.303 e. The molecule has 0 radical (unpaired) electrons. The van der Waals surface area contributed by atoms with Gasteiger partial charge in [0.15, 0.2) is 5.78 Å². The van der Waals surface area contributed by atoms with Crippen molar-refractivity contribution in [2.45, 2.75) is 90.1 Å². The van der Waals surface area contributed by atoms with Crippen LogP contribution >= 0.6 is 0 Å². The van der Waals surface area contributed by atoms with Crippen LogP contribution in [-0.2, 0) is 9.59 Å². The molecular formula is C22H36O4. The first kappa shape index (κ1) is 22.6. The highest BCUT2D eigenvalue weighted by molar-refractivity contribution is 5.95. The van der Waals surface area contributed by atoms with Crippen molar-refractivity contribution in [2.75, 3.05) is 0 Å². The lowest BCUT2D eigenvalue weighted by atomic mass is 9.86. The van der Waals surface area contributed by atoms with Crippen LogP contribution < -0.4 is 0 Å². The van der Waals surface area contributed by atoms with Gasteiger partial charge < -0.3 is 10.2 Å². The molecule has 4 nitrogen and oxygen atoms in total. The van der Waals surface area contributed by atoms with Gasteiger partial charge in [-0.2, -0.15) is 0 Å². The predicted octanol–water partition coefficient (Wildman–Crippen LogP) is 5.06. The normalized spacial score (nSPS) is 20.9. The number of aliphatic carboxylic acids is 1. The third kappa shape index (κ3) is 9.33. The highest BCUT2D eigenvalue weighted by Gasteiger charge is 2.33. The first-order valence-corrected chi connectivity index (χ1v) is 10.3. The molecule has 0 heterocycles. The van der Waals surface area contributed by atoms with Gasteiger partial charge in [0.25, 0.3) is 0 Å². The Balaban J connectivity index is 2.25. The standard InChI is InChI=1S/C22H36O4/c1-2-3-4-5-7-10-13-18-16-17-20(24)22(18)19(23)14-11-8-6-9-12-15-21(25)26/h10,13,16-19,22-23H,2-9,11-12,14-15H2,1H3,(H,25,26). The number of hydrogen-bond donors (Lipinski definition) is 2. The van der Waals surface area contributed by atoms with E-state index in [1.54, 1.807) is 6.08 Å². The summed E-state index contributed by atoms with van der Waals surface area (Å²) in [6.45, 7) is 2.20. The molecule has 1 rings (SSSR count). The summed E-state index contributed by atoms with van der Waals surface area (Å²) in [5.41, 5.74) is 0. The van der Waals surface area contributed by atoms with Crippen molar-refractivity contribution in [1.29, 1.82) is 0 Å². The molecule has 1 aliphatic rings. The molecule has 3 unspecified atom stereocenters. The van der Waals surface area contributed by atoms with Gasteiger partial charge >= 0.3 is 5.97 Å². The summed E-state index contributed by atoms with van der Waals surface area (Å²) in [6, 6.07) is 0. The predicted molar refractivity (Wildman–Crippen MR) is 105 cm³/mol. The Morgan fingerprint density at radius 2 is 1.81 bits per heavy atom. The molecule has 4 heteroatoms. The van der Waals surface area contributed by atoms with Crippen LogP contribution in [0.15, 0.2) is 24.3 Å². The Bertz CT molecular complexity index is 467. The van der Waals surface area contributed by atoms with E-state index < -0.39 is 12.1 Å². The second kappa shape index (κ2) is 13.7. The van der Waals surface area contributed by atoms with Crippen LogP contribution in [0.3, 0.4) is 0 Å². The zero-order valence-electron chi connectivity index (χ0n) is 16.2. The minimum atomic E-state index is -0.739. The Labute approximate surface area is 158 Å². The first-order valence-electron chi connectivity index (χ1n) is 10.3. The topological polar surface area (TPSA) is 74.6 Å². The lowest BCUT2D eigenvalue weighted by Crippen LogP contribution is -2.29. The lowest BCUT2D eigenvalue weighted by molar-refractivity contribution is -0.137. The lowest BCUT2D eigenvalue weighted by Gasteiger charge is -2.21. The van der Waals surface area contributed by atoms with Gasteiger partial charge in [0, 0.05) is 12.3 Å². The maximum absolute atomic E-state index is 12.1. The van der Waals surface area contributed by atoms with Gasteiger partial charge in [0.05, 0.1) is 12.0 Å². The number of carbonyl (C=O) groups is 2. The van der Waals surface area contributed by atoms with E-state index >= 15 is 0 Å². The van der Waals surface area contributed by atoms with E-state index in [0.29, 0.717) is 12.8 Å². The van der Waals surface area contributed by atoms with Crippen LogP contribution in [0.1, 0.15) is 84.0 Å². The third-order valence-electron chi connectivity index (χ3n) is 5.11. The van der Waals surface area contributed by atoms with Crippen molar-refractivity contribution in [1.82, 2.24) is 0 Å². The fraction of sp³-hybridized carbons (Fsp3) is 0.727. The molecule has 0 fully saturated rings. The van der Waals surface area contributed by atoms with Gasteiger partial charge in [0.1, 0.15) is 0 Å². The summed E-state index contributed by atoms with van der Waals surface area (Å²) < 4.78 is 0. The second-order valence-corrected chi connectivity index (χ2v) is 7.41. The van der Waals surface area contributed by atoms with Gasteiger partial charge in [-0.25, -0.2) is 0 Å². The van der Waals surface area contributed by atoms with Crippen LogP contribution in [0.4, 0.5) is 0 Å². The van der Waals surface area contributed by atoms with Gasteiger partial charge in [-0.05, 0) is 31.8 Å². The molecule has 0 aromatic carbocycles. The number of rotatable bonds is 15. The van der Waals surface area contributed by atoms with Gasteiger partial charge in [-0.1, -0.05) is 70.1 Å². The van der Waals surface area contributed by atoms with E-state index in [1.165, 1.54) is 25.7 Å². The van der Waals surface area contributed by atoms with E-state index in [9.17, 15) is 14.7 Å². The highest BCUT2D eigenvalue weighted by atomic mass is 16.4. The monoisotopic (exact) mass is 364 g/mol. The van der Waals surface area contributed by atoms with E-state index in [-0.39, 0.29) is 24.0 Å². The summed E-state index contributed by atoms with van der Waals surface area (Å²) in [5, 5.41) is 19.1. The number of carboxylic acid groups (broad SMARTS) is 1. The van der Waals surface area contributed by atoms with Gasteiger partial charge in [0.2, 0.25) is 0 Å². The van der Waals surface area contributed by atoms with Gasteiger partial charge in [-0.15, -0.1) is 0 Å². The second-order valence-electron chi connectivity index (χ2n) is 7.41. The number of carboxylic acids is 1.